The number of nitrogens with one attached hydrogen (secondary N) is 1. The molecule has 5 nitrogen and oxygen atoms in total. The maximum atomic E-state index is 12.7. The third kappa shape index (κ3) is 3.57. The van der Waals surface area contributed by atoms with Crippen molar-refractivity contribution in [3.05, 3.63) is 35.4 Å². The molecule has 2 aliphatic rings. The minimum Gasteiger partial charge on any atom is -0.347 e. The van der Waals surface area contributed by atoms with Crippen LogP contribution in [-0.2, 0) is 9.47 Å². The smallest absolute Gasteiger partial charge is 0.317 e. The Labute approximate surface area is 144 Å². The molecule has 0 spiro atoms. The number of ether oxygens (including phenoxy) is 2. The Hall–Kier alpha value is -1.59. The lowest BCUT2D eigenvalue weighted by atomic mass is 9.90. The fourth-order valence-corrected chi connectivity index (χ4v) is 3.78. The summed E-state index contributed by atoms with van der Waals surface area (Å²) in [7, 11) is 0. The number of amides is 2. The Kier molecular flexibility index (Phi) is 5.11. The summed E-state index contributed by atoms with van der Waals surface area (Å²) in [5.41, 5.74) is 2.36. The summed E-state index contributed by atoms with van der Waals surface area (Å²) >= 11 is 0. The van der Waals surface area contributed by atoms with Gasteiger partial charge in [0, 0.05) is 19.0 Å². The van der Waals surface area contributed by atoms with Crippen molar-refractivity contribution in [3.8, 4) is 0 Å². The molecule has 3 rings (SSSR count). The van der Waals surface area contributed by atoms with Crippen LogP contribution in [0.25, 0.3) is 0 Å². The Morgan fingerprint density at radius 1 is 1.33 bits per heavy atom. The van der Waals surface area contributed by atoms with E-state index in [-0.39, 0.29) is 18.0 Å². The van der Waals surface area contributed by atoms with Crippen LogP contribution in [0.4, 0.5) is 4.79 Å². The lowest BCUT2D eigenvalue weighted by Gasteiger charge is -2.40. The minimum absolute atomic E-state index is 0.00273. The van der Waals surface area contributed by atoms with Gasteiger partial charge in [0.1, 0.15) is 0 Å². The topological polar surface area (TPSA) is 50.8 Å². The molecule has 2 heterocycles. The number of hydrogen-bond donors (Lipinski definition) is 1. The van der Waals surface area contributed by atoms with Crippen molar-refractivity contribution in [2.75, 3.05) is 26.3 Å². The standard InChI is InChI=1S/C19H28N2O3/c1-14-7-4-5-9-17(14)15(2)20-18(22)21-10-6-8-16(13-21)19(3)23-11-12-24-19/h4-5,7,9,15-16H,6,8,10-13H2,1-3H3,(H,20,22)/t15-,16-/m0/s1. The molecule has 132 valence electrons. The molecule has 0 unspecified atom stereocenters. The number of urea groups is 1. The maximum Gasteiger partial charge on any atom is 0.317 e. The molecule has 2 atom stereocenters. The highest BCUT2D eigenvalue weighted by molar-refractivity contribution is 5.75. The summed E-state index contributed by atoms with van der Waals surface area (Å²) in [5.74, 6) is -0.311. The summed E-state index contributed by atoms with van der Waals surface area (Å²) in [6, 6.07) is 8.17. The average molecular weight is 332 g/mol. The number of hydrogen-bond acceptors (Lipinski definition) is 3. The van der Waals surface area contributed by atoms with Gasteiger partial charge in [0.15, 0.2) is 5.79 Å². The van der Waals surface area contributed by atoms with Crippen molar-refractivity contribution in [1.29, 1.82) is 0 Å². The Morgan fingerprint density at radius 3 is 2.75 bits per heavy atom. The van der Waals surface area contributed by atoms with E-state index in [2.05, 4.69) is 24.4 Å². The first-order valence-corrected chi connectivity index (χ1v) is 8.88. The first-order chi connectivity index (χ1) is 11.5. The number of benzene rings is 1. The average Bonchev–Trinajstić information content (AvgIpc) is 3.03. The summed E-state index contributed by atoms with van der Waals surface area (Å²) < 4.78 is 11.6. The molecule has 1 aromatic rings. The Morgan fingerprint density at radius 2 is 2.04 bits per heavy atom. The zero-order chi connectivity index (χ0) is 17.2. The van der Waals surface area contributed by atoms with Crippen LogP contribution in [0, 0.1) is 12.8 Å². The van der Waals surface area contributed by atoms with Crippen LogP contribution in [-0.4, -0.2) is 43.0 Å². The molecule has 2 amide bonds. The van der Waals surface area contributed by atoms with E-state index in [9.17, 15) is 4.79 Å². The fraction of sp³-hybridized carbons (Fsp3) is 0.632. The fourth-order valence-electron chi connectivity index (χ4n) is 3.78. The molecule has 2 saturated heterocycles. The molecule has 0 radical (unpaired) electrons. The van der Waals surface area contributed by atoms with E-state index < -0.39 is 5.79 Å². The summed E-state index contributed by atoms with van der Waals surface area (Å²) in [4.78, 5) is 14.6. The van der Waals surface area contributed by atoms with Gasteiger partial charge in [0.2, 0.25) is 0 Å². The molecule has 0 aromatic heterocycles. The Balaban J connectivity index is 1.61. The van der Waals surface area contributed by atoms with Gasteiger partial charge in [-0.2, -0.15) is 0 Å². The predicted octanol–water partition coefficient (Wildman–Crippen LogP) is 3.24. The van der Waals surface area contributed by atoms with Crippen molar-refractivity contribution >= 4 is 6.03 Å². The second-order valence-corrected chi connectivity index (χ2v) is 7.03. The van der Waals surface area contributed by atoms with E-state index >= 15 is 0 Å². The van der Waals surface area contributed by atoms with Crippen LogP contribution < -0.4 is 5.32 Å². The lowest BCUT2D eigenvalue weighted by molar-refractivity contribution is -0.189. The van der Waals surface area contributed by atoms with Crippen LogP contribution in [0.15, 0.2) is 24.3 Å². The molecular weight excluding hydrogens is 304 g/mol. The van der Waals surface area contributed by atoms with Crippen molar-refractivity contribution in [3.63, 3.8) is 0 Å². The largest absolute Gasteiger partial charge is 0.347 e. The highest BCUT2D eigenvalue weighted by atomic mass is 16.7. The zero-order valence-electron chi connectivity index (χ0n) is 14.9. The van der Waals surface area contributed by atoms with E-state index in [1.54, 1.807) is 0 Å². The molecule has 1 N–H and O–H groups in total. The van der Waals surface area contributed by atoms with Crippen LogP contribution >= 0.6 is 0 Å². The minimum atomic E-state index is -0.541. The van der Waals surface area contributed by atoms with Gasteiger partial charge < -0.3 is 19.7 Å². The van der Waals surface area contributed by atoms with E-state index in [0.29, 0.717) is 19.8 Å². The number of carbonyl (C=O) groups excluding carboxylic acids is 1. The molecule has 2 aliphatic heterocycles. The van der Waals surface area contributed by atoms with Gasteiger partial charge in [-0.3, -0.25) is 0 Å². The lowest BCUT2D eigenvalue weighted by Crippen LogP contribution is -2.51. The molecule has 24 heavy (non-hydrogen) atoms. The van der Waals surface area contributed by atoms with Crippen LogP contribution in [0.2, 0.25) is 0 Å². The molecule has 0 aliphatic carbocycles. The van der Waals surface area contributed by atoms with Gasteiger partial charge in [0.05, 0.1) is 19.3 Å². The molecule has 5 heteroatoms. The maximum absolute atomic E-state index is 12.7. The van der Waals surface area contributed by atoms with Crippen molar-refractivity contribution < 1.29 is 14.3 Å². The number of aryl methyl sites for hydroxylation is 1. The van der Waals surface area contributed by atoms with Gasteiger partial charge in [-0.25, -0.2) is 4.79 Å². The van der Waals surface area contributed by atoms with Gasteiger partial charge in [-0.05, 0) is 44.7 Å². The summed E-state index contributed by atoms with van der Waals surface area (Å²) in [6.45, 7) is 8.87. The molecule has 0 saturated carbocycles. The number of likely N-dealkylation sites (tertiary alicyclic amines) is 1. The van der Waals surface area contributed by atoms with Crippen LogP contribution in [0.1, 0.15) is 43.9 Å². The molecule has 2 fully saturated rings. The van der Waals surface area contributed by atoms with Crippen molar-refractivity contribution in [2.45, 2.75) is 45.4 Å². The van der Waals surface area contributed by atoms with Crippen LogP contribution in [0.3, 0.4) is 0 Å². The van der Waals surface area contributed by atoms with Crippen molar-refractivity contribution in [2.24, 2.45) is 5.92 Å². The molecular formula is C19H28N2O3. The van der Waals surface area contributed by atoms with E-state index in [4.69, 9.17) is 9.47 Å². The number of piperidine rings is 1. The van der Waals surface area contributed by atoms with Crippen molar-refractivity contribution in [1.82, 2.24) is 10.2 Å². The third-order valence-electron chi connectivity index (χ3n) is 5.31. The number of rotatable bonds is 3. The third-order valence-corrected chi connectivity index (χ3v) is 5.31. The van der Waals surface area contributed by atoms with E-state index in [1.165, 1.54) is 5.56 Å². The Bertz CT molecular complexity index is 584. The van der Waals surface area contributed by atoms with Gasteiger partial charge in [-0.1, -0.05) is 24.3 Å². The highest BCUT2D eigenvalue weighted by Crippen LogP contribution is 2.34. The molecule has 1 aromatic carbocycles. The van der Waals surface area contributed by atoms with Crippen LogP contribution in [0.5, 0.6) is 0 Å². The molecule has 0 bridgehead atoms. The summed E-state index contributed by atoms with van der Waals surface area (Å²) in [6.07, 6.45) is 2.02. The zero-order valence-corrected chi connectivity index (χ0v) is 14.9. The second kappa shape index (κ2) is 7.11. The summed E-state index contributed by atoms with van der Waals surface area (Å²) in [5, 5.41) is 3.14. The number of carbonyl (C=O) groups is 1. The first-order valence-electron chi connectivity index (χ1n) is 8.88. The van der Waals surface area contributed by atoms with Gasteiger partial charge in [0.25, 0.3) is 0 Å². The van der Waals surface area contributed by atoms with Gasteiger partial charge >= 0.3 is 6.03 Å². The predicted molar refractivity (Wildman–Crippen MR) is 92.7 cm³/mol. The van der Waals surface area contributed by atoms with E-state index in [0.717, 1.165) is 24.9 Å². The van der Waals surface area contributed by atoms with E-state index in [1.807, 2.05) is 30.9 Å². The monoisotopic (exact) mass is 332 g/mol. The normalized spacial score (nSPS) is 24.6. The van der Waals surface area contributed by atoms with Gasteiger partial charge in [-0.15, -0.1) is 0 Å². The first kappa shape index (κ1) is 17.2. The quantitative estimate of drug-likeness (QED) is 0.924. The highest BCUT2D eigenvalue weighted by Gasteiger charge is 2.42. The second-order valence-electron chi connectivity index (χ2n) is 7.03. The number of nitrogens with zero attached hydrogens (tertiary/aromatic N) is 1. The SMILES string of the molecule is Cc1ccccc1[C@H](C)NC(=O)N1CCC[C@H](C2(C)OCCO2)C1.